The number of carbonyl (C=O) groups excluding carboxylic acids is 1. The maximum atomic E-state index is 12.0. The molecule has 2 heterocycles. The fraction of sp³-hybridized carbons (Fsp3) is 0.429. The lowest BCUT2D eigenvalue weighted by Crippen LogP contribution is -2.36. The summed E-state index contributed by atoms with van der Waals surface area (Å²) in [6, 6.07) is 4.83. The number of sulfonamides is 1. The molecule has 1 aliphatic rings. The lowest BCUT2D eigenvalue weighted by molar-refractivity contribution is -0.115. The Kier molecular flexibility index (Phi) is 5.35. The number of nitrogens with zero attached hydrogens (tertiary/aromatic N) is 1. The molecule has 0 spiro atoms. The standard InChI is InChI=1S/C14H16N2O5S/c15-9-12(8-13-2-1-5-21-13)14(17)16-22(18,19)10-11-3-6-20-7-4-11/h1-2,5,8,11H,3-4,6-7,10H2,(H,16,17). The predicted molar refractivity (Wildman–Crippen MR) is 77.8 cm³/mol. The number of ether oxygens (including phenoxy) is 1. The molecule has 1 amide bonds. The Bertz CT molecular complexity index is 679. The summed E-state index contributed by atoms with van der Waals surface area (Å²) in [5, 5.41) is 8.98. The molecule has 1 aliphatic heterocycles. The van der Waals surface area contributed by atoms with Crippen molar-refractivity contribution in [3.05, 3.63) is 29.7 Å². The van der Waals surface area contributed by atoms with Crippen molar-refractivity contribution in [1.29, 1.82) is 5.26 Å². The molecule has 8 heteroatoms. The van der Waals surface area contributed by atoms with Crippen LogP contribution < -0.4 is 4.72 Å². The third-order valence-electron chi connectivity index (χ3n) is 3.24. The first kappa shape index (κ1) is 16.3. The zero-order chi connectivity index (χ0) is 16.0. The molecular formula is C14H16N2O5S. The van der Waals surface area contributed by atoms with E-state index in [2.05, 4.69) is 0 Å². The van der Waals surface area contributed by atoms with Crippen LogP contribution in [0.25, 0.3) is 6.08 Å². The van der Waals surface area contributed by atoms with Gasteiger partial charge in [0.15, 0.2) is 0 Å². The molecule has 7 nitrogen and oxygen atoms in total. The second-order valence-corrected chi connectivity index (χ2v) is 6.72. The Hall–Kier alpha value is -2.11. The van der Waals surface area contributed by atoms with Gasteiger partial charge in [-0.3, -0.25) is 4.79 Å². The summed E-state index contributed by atoms with van der Waals surface area (Å²) in [6.45, 7) is 1.05. The van der Waals surface area contributed by atoms with Gasteiger partial charge in [-0.25, -0.2) is 13.1 Å². The molecule has 1 saturated heterocycles. The number of nitriles is 1. The summed E-state index contributed by atoms with van der Waals surface area (Å²) in [7, 11) is -3.79. The van der Waals surface area contributed by atoms with Gasteiger partial charge in [-0.15, -0.1) is 0 Å². The molecular weight excluding hydrogens is 308 g/mol. The Labute approximate surface area is 128 Å². The molecule has 1 aromatic heterocycles. The van der Waals surface area contributed by atoms with Gasteiger partial charge in [0.2, 0.25) is 10.0 Å². The summed E-state index contributed by atoms with van der Waals surface area (Å²) < 4.78 is 36.1. The smallest absolute Gasteiger partial charge is 0.275 e. The molecule has 2 rings (SSSR count). The van der Waals surface area contributed by atoms with E-state index >= 15 is 0 Å². The molecule has 1 N–H and O–H groups in total. The molecule has 1 aromatic rings. The van der Waals surface area contributed by atoms with Gasteiger partial charge in [-0.1, -0.05) is 0 Å². The van der Waals surface area contributed by atoms with Gasteiger partial charge in [-0.2, -0.15) is 5.26 Å². The molecule has 22 heavy (non-hydrogen) atoms. The van der Waals surface area contributed by atoms with E-state index in [1.165, 1.54) is 12.3 Å². The second kappa shape index (κ2) is 7.24. The normalized spacial score (nSPS) is 17.0. The quantitative estimate of drug-likeness (QED) is 0.640. The Morgan fingerprint density at radius 2 is 2.18 bits per heavy atom. The highest BCUT2D eigenvalue weighted by atomic mass is 32.2. The largest absolute Gasteiger partial charge is 0.465 e. The molecule has 0 aromatic carbocycles. The summed E-state index contributed by atoms with van der Waals surface area (Å²) >= 11 is 0. The lowest BCUT2D eigenvalue weighted by atomic mass is 10.0. The molecule has 0 unspecified atom stereocenters. The molecule has 0 aliphatic carbocycles. The highest BCUT2D eigenvalue weighted by molar-refractivity contribution is 7.90. The average Bonchev–Trinajstić information content (AvgIpc) is 2.97. The van der Waals surface area contributed by atoms with Crippen LogP contribution >= 0.6 is 0 Å². The minimum atomic E-state index is -3.79. The first-order chi connectivity index (χ1) is 10.5. The first-order valence-electron chi connectivity index (χ1n) is 6.78. The maximum absolute atomic E-state index is 12.0. The monoisotopic (exact) mass is 324 g/mol. The van der Waals surface area contributed by atoms with Crippen molar-refractivity contribution in [2.45, 2.75) is 12.8 Å². The minimum Gasteiger partial charge on any atom is -0.465 e. The van der Waals surface area contributed by atoms with Gasteiger partial charge in [0.05, 0.1) is 12.0 Å². The van der Waals surface area contributed by atoms with Crippen LogP contribution in [0.4, 0.5) is 0 Å². The molecule has 0 bridgehead atoms. The third kappa shape index (κ3) is 4.72. The predicted octanol–water partition coefficient (Wildman–Crippen LogP) is 1.06. The van der Waals surface area contributed by atoms with Crippen molar-refractivity contribution in [3.63, 3.8) is 0 Å². The summed E-state index contributed by atoms with van der Waals surface area (Å²) in [5.74, 6) is -0.847. The zero-order valence-corrected chi connectivity index (χ0v) is 12.6. The highest BCUT2D eigenvalue weighted by Gasteiger charge is 2.24. The third-order valence-corrected chi connectivity index (χ3v) is 4.65. The Morgan fingerprint density at radius 3 is 2.77 bits per heavy atom. The number of furan rings is 1. The molecule has 0 atom stereocenters. The fourth-order valence-electron chi connectivity index (χ4n) is 2.13. The number of hydrogen-bond acceptors (Lipinski definition) is 6. The zero-order valence-electron chi connectivity index (χ0n) is 11.8. The average molecular weight is 324 g/mol. The van der Waals surface area contributed by atoms with Crippen molar-refractivity contribution in [2.24, 2.45) is 5.92 Å². The van der Waals surface area contributed by atoms with Crippen molar-refractivity contribution in [1.82, 2.24) is 4.72 Å². The van der Waals surface area contributed by atoms with Crippen LogP contribution in [0.2, 0.25) is 0 Å². The van der Waals surface area contributed by atoms with Crippen LogP contribution in [0.15, 0.2) is 28.4 Å². The maximum Gasteiger partial charge on any atom is 0.275 e. The van der Waals surface area contributed by atoms with E-state index in [0.717, 1.165) is 0 Å². The van der Waals surface area contributed by atoms with E-state index in [1.54, 1.807) is 18.2 Å². The number of rotatable bonds is 5. The topological polar surface area (TPSA) is 109 Å². The highest BCUT2D eigenvalue weighted by Crippen LogP contribution is 2.16. The lowest BCUT2D eigenvalue weighted by Gasteiger charge is -2.21. The van der Waals surface area contributed by atoms with Gasteiger partial charge in [0.25, 0.3) is 5.91 Å². The molecule has 0 radical (unpaired) electrons. The SMILES string of the molecule is N#CC(=Cc1ccco1)C(=O)NS(=O)(=O)CC1CCOCC1. The van der Waals surface area contributed by atoms with Crippen LogP contribution in [0.1, 0.15) is 18.6 Å². The number of hydrogen-bond donors (Lipinski definition) is 1. The fourth-order valence-corrected chi connectivity index (χ4v) is 3.56. The van der Waals surface area contributed by atoms with E-state index in [1.807, 2.05) is 4.72 Å². The van der Waals surface area contributed by atoms with Gasteiger partial charge in [-0.05, 0) is 30.9 Å². The van der Waals surface area contributed by atoms with Crippen LogP contribution in [-0.4, -0.2) is 33.3 Å². The molecule has 1 fully saturated rings. The van der Waals surface area contributed by atoms with Crippen LogP contribution in [0.5, 0.6) is 0 Å². The van der Waals surface area contributed by atoms with Gasteiger partial charge < -0.3 is 9.15 Å². The van der Waals surface area contributed by atoms with Crippen molar-refractivity contribution >= 4 is 22.0 Å². The van der Waals surface area contributed by atoms with E-state index in [4.69, 9.17) is 14.4 Å². The van der Waals surface area contributed by atoms with Crippen molar-refractivity contribution in [2.75, 3.05) is 19.0 Å². The van der Waals surface area contributed by atoms with Crippen LogP contribution in [0, 0.1) is 17.2 Å². The van der Waals surface area contributed by atoms with Crippen molar-refractivity contribution in [3.8, 4) is 6.07 Å². The van der Waals surface area contributed by atoms with Crippen LogP contribution in [0.3, 0.4) is 0 Å². The summed E-state index contributed by atoms with van der Waals surface area (Å²) in [4.78, 5) is 11.9. The summed E-state index contributed by atoms with van der Waals surface area (Å²) in [6.07, 6.45) is 3.87. The van der Waals surface area contributed by atoms with Gasteiger partial charge >= 0.3 is 0 Å². The minimum absolute atomic E-state index is 0.0429. The Morgan fingerprint density at radius 1 is 1.45 bits per heavy atom. The van der Waals surface area contributed by atoms with E-state index < -0.39 is 15.9 Å². The molecule has 118 valence electrons. The summed E-state index contributed by atoms with van der Waals surface area (Å²) in [5.41, 5.74) is -0.328. The van der Waals surface area contributed by atoms with Gasteiger partial charge in [0.1, 0.15) is 17.4 Å². The van der Waals surface area contributed by atoms with Crippen molar-refractivity contribution < 1.29 is 22.4 Å². The van der Waals surface area contributed by atoms with Gasteiger partial charge in [0, 0.05) is 19.3 Å². The van der Waals surface area contributed by atoms with E-state index in [0.29, 0.717) is 31.8 Å². The number of amides is 1. The van der Waals surface area contributed by atoms with E-state index in [9.17, 15) is 13.2 Å². The van der Waals surface area contributed by atoms with Crippen LogP contribution in [-0.2, 0) is 19.6 Å². The first-order valence-corrected chi connectivity index (χ1v) is 8.43. The number of carbonyl (C=O) groups is 1. The molecule has 0 saturated carbocycles. The van der Waals surface area contributed by atoms with E-state index in [-0.39, 0.29) is 17.2 Å². The number of nitrogens with one attached hydrogen (secondary N) is 1. The second-order valence-electron chi connectivity index (χ2n) is 4.95. The Balaban J connectivity index is 2.01.